The summed E-state index contributed by atoms with van der Waals surface area (Å²) in [6.45, 7) is 2.86. The molecule has 1 unspecified atom stereocenters. The number of halogens is 1. The number of carbonyl (C=O) groups excluding carboxylic acids is 1. The highest BCUT2D eigenvalue weighted by Gasteiger charge is 2.22. The standard InChI is InChI=1S/C17H21BrN4O/c1-21-9-7-16(20-21)17(23)19-15-6-3-8-22(12-15)11-13-4-2-5-14(18)10-13/h2,4-5,7,9-10,15H,3,6,8,11-12H2,1H3,(H,19,23). The van der Waals surface area contributed by atoms with Gasteiger partial charge in [0.15, 0.2) is 0 Å². The van der Waals surface area contributed by atoms with Gasteiger partial charge in [-0.15, -0.1) is 0 Å². The van der Waals surface area contributed by atoms with E-state index in [1.807, 2.05) is 13.1 Å². The van der Waals surface area contributed by atoms with Crippen molar-refractivity contribution in [2.75, 3.05) is 13.1 Å². The molecule has 2 heterocycles. The van der Waals surface area contributed by atoms with Gasteiger partial charge in [0.2, 0.25) is 0 Å². The Morgan fingerprint density at radius 3 is 3.04 bits per heavy atom. The van der Waals surface area contributed by atoms with Crippen molar-refractivity contribution in [2.45, 2.75) is 25.4 Å². The summed E-state index contributed by atoms with van der Waals surface area (Å²) in [6, 6.07) is 10.3. The zero-order chi connectivity index (χ0) is 16.2. The summed E-state index contributed by atoms with van der Waals surface area (Å²) in [5.74, 6) is -0.0834. The number of hydrogen-bond donors (Lipinski definition) is 1. The van der Waals surface area contributed by atoms with Gasteiger partial charge >= 0.3 is 0 Å². The van der Waals surface area contributed by atoms with E-state index in [4.69, 9.17) is 0 Å². The van der Waals surface area contributed by atoms with Crippen LogP contribution in [0.1, 0.15) is 28.9 Å². The van der Waals surface area contributed by atoms with Crippen LogP contribution in [0.3, 0.4) is 0 Å². The smallest absolute Gasteiger partial charge is 0.272 e. The van der Waals surface area contributed by atoms with Crippen LogP contribution in [0, 0.1) is 0 Å². The summed E-state index contributed by atoms with van der Waals surface area (Å²) in [6.07, 6.45) is 3.91. The Labute approximate surface area is 144 Å². The molecule has 0 bridgehead atoms. The molecule has 1 N–H and O–H groups in total. The minimum atomic E-state index is -0.0834. The maximum absolute atomic E-state index is 12.2. The first-order valence-electron chi connectivity index (χ1n) is 7.87. The first-order chi connectivity index (χ1) is 11.1. The Morgan fingerprint density at radius 1 is 1.43 bits per heavy atom. The van der Waals surface area contributed by atoms with E-state index >= 15 is 0 Å². The topological polar surface area (TPSA) is 50.2 Å². The van der Waals surface area contributed by atoms with Gasteiger partial charge in [-0.2, -0.15) is 5.10 Å². The zero-order valence-electron chi connectivity index (χ0n) is 13.2. The van der Waals surface area contributed by atoms with Gasteiger partial charge in [0.05, 0.1) is 0 Å². The van der Waals surface area contributed by atoms with Crippen LogP contribution in [-0.2, 0) is 13.6 Å². The van der Waals surface area contributed by atoms with Crippen molar-refractivity contribution in [1.82, 2.24) is 20.0 Å². The van der Waals surface area contributed by atoms with Crippen LogP contribution in [0.15, 0.2) is 41.0 Å². The third-order valence-corrected chi connectivity index (χ3v) is 4.58. The lowest BCUT2D eigenvalue weighted by Gasteiger charge is -2.33. The number of amides is 1. The predicted octanol–water partition coefficient (Wildman–Crippen LogP) is 2.58. The molecule has 1 aromatic heterocycles. The number of aromatic nitrogens is 2. The third-order valence-electron chi connectivity index (χ3n) is 4.08. The summed E-state index contributed by atoms with van der Waals surface area (Å²) in [5.41, 5.74) is 1.77. The molecule has 1 amide bonds. The maximum Gasteiger partial charge on any atom is 0.272 e. The Kier molecular flexibility index (Phi) is 5.13. The van der Waals surface area contributed by atoms with Gasteiger partial charge in [0.1, 0.15) is 5.69 Å². The highest BCUT2D eigenvalue weighted by molar-refractivity contribution is 9.10. The van der Waals surface area contributed by atoms with Crippen LogP contribution in [0.25, 0.3) is 0 Å². The van der Waals surface area contributed by atoms with Crippen LogP contribution in [0.2, 0.25) is 0 Å². The molecule has 2 aromatic rings. The Bertz CT molecular complexity index is 685. The molecule has 1 fully saturated rings. The fourth-order valence-electron chi connectivity index (χ4n) is 3.01. The van der Waals surface area contributed by atoms with Crippen molar-refractivity contribution < 1.29 is 4.79 Å². The average molecular weight is 377 g/mol. The summed E-state index contributed by atoms with van der Waals surface area (Å²) in [7, 11) is 1.82. The summed E-state index contributed by atoms with van der Waals surface area (Å²) in [4.78, 5) is 14.6. The zero-order valence-corrected chi connectivity index (χ0v) is 14.8. The number of hydrogen-bond acceptors (Lipinski definition) is 3. The fourth-order valence-corrected chi connectivity index (χ4v) is 3.45. The minimum Gasteiger partial charge on any atom is -0.347 e. The highest BCUT2D eigenvalue weighted by atomic mass is 79.9. The second-order valence-corrected chi connectivity index (χ2v) is 6.97. The summed E-state index contributed by atoms with van der Waals surface area (Å²) >= 11 is 3.51. The number of benzene rings is 1. The monoisotopic (exact) mass is 376 g/mol. The molecule has 5 nitrogen and oxygen atoms in total. The van der Waals surface area contributed by atoms with Gasteiger partial charge in [-0.05, 0) is 43.1 Å². The number of aryl methyl sites for hydroxylation is 1. The lowest BCUT2D eigenvalue weighted by molar-refractivity contribution is 0.0895. The van der Waals surface area contributed by atoms with E-state index in [2.05, 4.69) is 49.4 Å². The quantitative estimate of drug-likeness (QED) is 0.891. The molecule has 0 radical (unpaired) electrons. The molecule has 0 spiro atoms. The summed E-state index contributed by atoms with van der Waals surface area (Å²) in [5, 5.41) is 7.27. The van der Waals surface area contributed by atoms with E-state index in [-0.39, 0.29) is 11.9 Å². The van der Waals surface area contributed by atoms with Crippen LogP contribution in [-0.4, -0.2) is 39.7 Å². The normalized spacial score (nSPS) is 18.8. The van der Waals surface area contributed by atoms with E-state index in [1.54, 1.807) is 16.9 Å². The number of nitrogens with one attached hydrogen (secondary N) is 1. The van der Waals surface area contributed by atoms with Crippen molar-refractivity contribution >= 4 is 21.8 Å². The molecule has 1 saturated heterocycles. The number of likely N-dealkylation sites (tertiary alicyclic amines) is 1. The Morgan fingerprint density at radius 2 is 2.30 bits per heavy atom. The van der Waals surface area contributed by atoms with Gasteiger partial charge < -0.3 is 5.32 Å². The lowest BCUT2D eigenvalue weighted by atomic mass is 10.0. The molecular formula is C17H21BrN4O. The minimum absolute atomic E-state index is 0.0834. The number of carbonyl (C=O) groups is 1. The van der Waals surface area contributed by atoms with E-state index < -0.39 is 0 Å². The number of nitrogens with zero attached hydrogens (tertiary/aromatic N) is 3. The van der Waals surface area contributed by atoms with E-state index in [1.165, 1.54) is 5.56 Å². The van der Waals surface area contributed by atoms with E-state index in [0.29, 0.717) is 5.69 Å². The predicted molar refractivity (Wildman–Crippen MR) is 93.1 cm³/mol. The second kappa shape index (κ2) is 7.27. The molecule has 1 atom stereocenters. The summed E-state index contributed by atoms with van der Waals surface area (Å²) < 4.78 is 2.75. The molecule has 0 aliphatic carbocycles. The number of rotatable bonds is 4. The SMILES string of the molecule is Cn1ccc(C(=O)NC2CCCN(Cc3cccc(Br)c3)C2)n1. The Balaban J connectivity index is 1.56. The Hall–Kier alpha value is -1.66. The van der Waals surface area contributed by atoms with E-state index in [9.17, 15) is 4.79 Å². The molecule has 0 saturated carbocycles. The molecule has 23 heavy (non-hydrogen) atoms. The van der Waals surface area contributed by atoms with Crippen LogP contribution in [0.4, 0.5) is 0 Å². The van der Waals surface area contributed by atoms with Gasteiger partial charge in [-0.1, -0.05) is 28.1 Å². The van der Waals surface area contributed by atoms with Gasteiger partial charge in [0, 0.05) is 36.8 Å². The molecule has 122 valence electrons. The van der Waals surface area contributed by atoms with Crippen LogP contribution in [0.5, 0.6) is 0 Å². The van der Waals surface area contributed by atoms with Crippen molar-refractivity contribution in [2.24, 2.45) is 7.05 Å². The second-order valence-electron chi connectivity index (χ2n) is 6.05. The van der Waals surface area contributed by atoms with Gasteiger partial charge in [-0.3, -0.25) is 14.4 Å². The van der Waals surface area contributed by atoms with Crippen LogP contribution < -0.4 is 5.32 Å². The van der Waals surface area contributed by atoms with Crippen molar-refractivity contribution in [3.8, 4) is 0 Å². The number of piperidine rings is 1. The molecule has 3 rings (SSSR count). The lowest BCUT2D eigenvalue weighted by Crippen LogP contribution is -2.47. The third kappa shape index (κ3) is 4.42. The van der Waals surface area contributed by atoms with Crippen molar-refractivity contribution in [3.05, 3.63) is 52.3 Å². The first-order valence-corrected chi connectivity index (χ1v) is 8.67. The molecular weight excluding hydrogens is 356 g/mol. The van der Waals surface area contributed by atoms with Crippen molar-refractivity contribution in [1.29, 1.82) is 0 Å². The molecule has 1 aromatic carbocycles. The molecule has 6 heteroatoms. The largest absolute Gasteiger partial charge is 0.347 e. The first kappa shape index (κ1) is 16.2. The maximum atomic E-state index is 12.2. The van der Waals surface area contributed by atoms with Crippen molar-refractivity contribution in [3.63, 3.8) is 0 Å². The van der Waals surface area contributed by atoms with E-state index in [0.717, 1.165) is 36.9 Å². The molecule has 1 aliphatic heterocycles. The average Bonchev–Trinajstić information content (AvgIpc) is 2.94. The van der Waals surface area contributed by atoms with Gasteiger partial charge in [-0.25, -0.2) is 0 Å². The van der Waals surface area contributed by atoms with Gasteiger partial charge in [0.25, 0.3) is 5.91 Å². The molecule has 1 aliphatic rings. The fraction of sp³-hybridized carbons (Fsp3) is 0.412. The van der Waals surface area contributed by atoms with Crippen LogP contribution >= 0.6 is 15.9 Å². The highest BCUT2D eigenvalue weighted by Crippen LogP contribution is 2.17.